The standard InChI is InChI=1S/C15H18N2O2/c18-15(19)10-6-1-3-7-13-11-16-17(12-13)14-8-4-2-5-9-14/h2,4-5,8-9,11-12H,1,3,6-7,10H2,(H,18,19). The van der Waals surface area contributed by atoms with E-state index in [1.165, 1.54) is 5.56 Å². The van der Waals surface area contributed by atoms with Crippen LogP contribution in [0.3, 0.4) is 0 Å². The van der Waals surface area contributed by atoms with Crippen LogP contribution in [-0.2, 0) is 11.2 Å². The van der Waals surface area contributed by atoms with Gasteiger partial charge in [-0.3, -0.25) is 4.79 Å². The van der Waals surface area contributed by atoms with E-state index in [1.54, 1.807) is 0 Å². The smallest absolute Gasteiger partial charge is 0.303 e. The van der Waals surface area contributed by atoms with Gasteiger partial charge in [-0.1, -0.05) is 24.6 Å². The predicted molar refractivity (Wildman–Crippen MR) is 73.4 cm³/mol. The molecule has 1 aromatic heterocycles. The highest BCUT2D eigenvalue weighted by atomic mass is 16.4. The largest absolute Gasteiger partial charge is 0.481 e. The molecule has 0 saturated heterocycles. The molecule has 0 unspecified atom stereocenters. The van der Waals surface area contributed by atoms with Gasteiger partial charge >= 0.3 is 5.97 Å². The van der Waals surface area contributed by atoms with Crippen LogP contribution in [0.1, 0.15) is 31.2 Å². The van der Waals surface area contributed by atoms with Crippen LogP contribution in [0, 0.1) is 0 Å². The fourth-order valence-electron chi connectivity index (χ4n) is 1.99. The molecule has 19 heavy (non-hydrogen) atoms. The van der Waals surface area contributed by atoms with Gasteiger partial charge in [0, 0.05) is 12.6 Å². The van der Waals surface area contributed by atoms with Gasteiger partial charge in [0.25, 0.3) is 0 Å². The molecule has 0 saturated carbocycles. The van der Waals surface area contributed by atoms with Crippen LogP contribution in [0.15, 0.2) is 42.7 Å². The van der Waals surface area contributed by atoms with Gasteiger partial charge in [0.1, 0.15) is 0 Å². The molecule has 1 aromatic carbocycles. The maximum Gasteiger partial charge on any atom is 0.303 e. The van der Waals surface area contributed by atoms with E-state index in [9.17, 15) is 4.79 Å². The van der Waals surface area contributed by atoms with Gasteiger partial charge in [0.15, 0.2) is 0 Å². The van der Waals surface area contributed by atoms with E-state index >= 15 is 0 Å². The van der Waals surface area contributed by atoms with Crippen molar-refractivity contribution in [3.8, 4) is 5.69 Å². The monoisotopic (exact) mass is 258 g/mol. The number of aromatic nitrogens is 2. The molecule has 4 nitrogen and oxygen atoms in total. The Kier molecular flexibility index (Phi) is 4.72. The van der Waals surface area contributed by atoms with Crippen molar-refractivity contribution in [1.82, 2.24) is 9.78 Å². The third kappa shape index (κ3) is 4.25. The number of aryl methyl sites for hydroxylation is 1. The molecule has 1 N–H and O–H groups in total. The van der Waals surface area contributed by atoms with E-state index in [2.05, 4.69) is 5.10 Å². The maximum absolute atomic E-state index is 10.4. The summed E-state index contributed by atoms with van der Waals surface area (Å²) in [7, 11) is 0. The van der Waals surface area contributed by atoms with Crippen molar-refractivity contribution in [1.29, 1.82) is 0 Å². The highest BCUT2D eigenvalue weighted by Gasteiger charge is 2.01. The summed E-state index contributed by atoms with van der Waals surface area (Å²) in [4.78, 5) is 10.4. The SMILES string of the molecule is O=C(O)CCCCCc1cnn(-c2ccccc2)c1. The molecule has 0 atom stereocenters. The first kappa shape index (κ1) is 13.3. The zero-order valence-electron chi connectivity index (χ0n) is 10.8. The number of benzene rings is 1. The Labute approximate surface area is 112 Å². The highest BCUT2D eigenvalue weighted by Crippen LogP contribution is 2.11. The van der Waals surface area contributed by atoms with Crippen molar-refractivity contribution in [2.45, 2.75) is 32.1 Å². The number of carbonyl (C=O) groups is 1. The lowest BCUT2D eigenvalue weighted by Gasteiger charge is -1.99. The summed E-state index contributed by atoms with van der Waals surface area (Å²) in [5.74, 6) is -0.711. The van der Waals surface area contributed by atoms with Gasteiger partial charge < -0.3 is 5.11 Å². The average molecular weight is 258 g/mol. The summed E-state index contributed by atoms with van der Waals surface area (Å²) >= 11 is 0. The normalized spacial score (nSPS) is 10.5. The molecule has 0 aliphatic rings. The topological polar surface area (TPSA) is 55.1 Å². The molecule has 0 amide bonds. The summed E-state index contributed by atoms with van der Waals surface area (Å²) in [5.41, 5.74) is 2.25. The summed E-state index contributed by atoms with van der Waals surface area (Å²) in [6.45, 7) is 0. The Morgan fingerprint density at radius 3 is 2.68 bits per heavy atom. The minimum atomic E-state index is -0.711. The molecule has 0 fully saturated rings. The molecule has 0 bridgehead atoms. The van der Waals surface area contributed by atoms with Crippen LogP contribution < -0.4 is 0 Å². The number of unbranched alkanes of at least 4 members (excludes halogenated alkanes) is 2. The Balaban J connectivity index is 1.80. The van der Waals surface area contributed by atoms with Crippen molar-refractivity contribution in [2.75, 3.05) is 0 Å². The lowest BCUT2D eigenvalue weighted by molar-refractivity contribution is -0.137. The molecule has 2 rings (SSSR count). The lowest BCUT2D eigenvalue weighted by Crippen LogP contribution is -1.94. The minimum Gasteiger partial charge on any atom is -0.481 e. The Morgan fingerprint density at radius 2 is 1.95 bits per heavy atom. The van der Waals surface area contributed by atoms with E-state index in [4.69, 9.17) is 5.11 Å². The first-order valence-electron chi connectivity index (χ1n) is 6.56. The third-order valence-corrected chi connectivity index (χ3v) is 3.01. The van der Waals surface area contributed by atoms with E-state index in [0.717, 1.165) is 31.4 Å². The second kappa shape index (κ2) is 6.73. The first-order chi connectivity index (χ1) is 9.25. The molecule has 1 heterocycles. The number of rotatable bonds is 7. The molecule has 0 radical (unpaired) electrons. The first-order valence-corrected chi connectivity index (χ1v) is 6.56. The Hall–Kier alpha value is -2.10. The molecular weight excluding hydrogens is 240 g/mol. The zero-order chi connectivity index (χ0) is 13.5. The van der Waals surface area contributed by atoms with Crippen LogP contribution in [0.5, 0.6) is 0 Å². The fourth-order valence-corrected chi connectivity index (χ4v) is 1.99. The summed E-state index contributed by atoms with van der Waals surface area (Å²) < 4.78 is 1.87. The van der Waals surface area contributed by atoms with Gasteiger partial charge in [0.2, 0.25) is 0 Å². The molecule has 2 aromatic rings. The van der Waals surface area contributed by atoms with Gasteiger partial charge in [-0.25, -0.2) is 4.68 Å². The number of carboxylic acid groups (broad SMARTS) is 1. The zero-order valence-corrected chi connectivity index (χ0v) is 10.8. The number of aliphatic carboxylic acids is 1. The number of nitrogens with zero attached hydrogens (tertiary/aromatic N) is 2. The van der Waals surface area contributed by atoms with E-state index in [-0.39, 0.29) is 6.42 Å². The summed E-state index contributed by atoms with van der Waals surface area (Å²) in [6.07, 6.45) is 7.84. The molecule has 4 heteroatoms. The van der Waals surface area contributed by atoms with Crippen LogP contribution >= 0.6 is 0 Å². The number of hydrogen-bond acceptors (Lipinski definition) is 2. The van der Waals surface area contributed by atoms with Gasteiger partial charge in [0.05, 0.1) is 11.9 Å². The van der Waals surface area contributed by atoms with Crippen molar-refractivity contribution in [3.63, 3.8) is 0 Å². The Bertz CT molecular complexity index is 520. The molecule has 0 aliphatic heterocycles. The number of carboxylic acids is 1. The van der Waals surface area contributed by atoms with Crippen LogP contribution in [0.4, 0.5) is 0 Å². The van der Waals surface area contributed by atoms with E-state index in [1.807, 2.05) is 47.4 Å². The van der Waals surface area contributed by atoms with Crippen molar-refractivity contribution < 1.29 is 9.90 Å². The summed E-state index contributed by atoms with van der Waals surface area (Å²) in [5, 5.41) is 12.9. The Morgan fingerprint density at radius 1 is 1.16 bits per heavy atom. The lowest BCUT2D eigenvalue weighted by atomic mass is 10.1. The molecule has 0 aliphatic carbocycles. The predicted octanol–water partition coefficient (Wildman–Crippen LogP) is 3.06. The van der Waals surface area contributed by atoms with Gasteiger partial charge in [-0.05, 0) is 37.0 Å². The third-order valence-electron chi connectivity index (χ3n) is 3.01. The van der Waals surface area contributed by atoms with Gasteiger partial charge in [-0.15, -0.1) is 0 Å². The van der Waals surface area contributed by atoms with Crippen LogP contribution in [0.2, 0.25) is 0 Å². The highest BCUT2D eigenvalue weighted by molar-refractivity contribution is 5.66. The fraction of sp³-hybridized carbons (Fsp3) is 0.333. The molecule has 0 spiro atoms. The molecule has 100 valence electrons. The quantitative estimate of drug-likeness (QED) is 0.776. The minimum absolute atomic E-state index is 0.267. The molecular formula is C15H18N2O2. The number of hydrogen-bond donors (Lipinski definition) is 1. The van der Waals surface area contributed by atoms with E-state index in [0.29, 0.717) is 0 Å². The second-order valence-electron chi connectivity index (χ2n) is 4.58. The maximum atomic E-state index is 10.4. The second-order valence-corrected chi connectivity index (χ2v) is 4.58. The van der Waals surface area contributed by atoms with Crippen molar-refractivity contribution in [3.05, 3.63) is 48.3 Å². The van der Waals surface area contributed by atoms with Crippen LogP contribution in [0.25, 0.3) is 5.69 Å². The van der Waals surface area contributed by atoms with Gasteiger partial charge in [-0.2, -0.15) is 5.10 Å². The van der Waals surface area contributed by atoms with E-state index < -0.39 is 5.97 Å². The number of para-hydroxylation sites is 1. The van der Waals surface area contributed by atoms with Crippen molar-refractivity contribution >= 4 is 5.97 Å². The van der Waals surface area contributed by atoms with Crippen molar-refractivity contribution in [2.24, 2.45) is 0 Å². The van der Waals surface area contributed by atoms with Crippen LogP contribution in [-0.4, -0.2) is 20.9 Å². The average Bonchev–Trinajstić information content (AvgIpc) is 2.88. The summed E-state index contributed by atoms with van der Waals surface area (Å²) in [6, 6.07) is 9.99.